The van der Waals surface area contributed by atoms with Gasteiger partial charge in [-0.05, 0) is 51.9 Å². The lowest BCUT2D eigenvalue weighted by Gasteiger charge is -2.45. The van der Waals surface area contributed by atoms with Crippen LogP contribution in [0.4, 0.5) is 0 Å². The van der Waals surface area contributed by atoms with Crippen LogP contribution in [-0.4, -0.2) is 37.7 Å². The Morgan fingerprint density at radius 1 is 1.10 bits per heavy atom. The van der Waals surface area contributed by atoms with Gasteiger partial charge in [-0.25, -0.2) is 0 Å². The van der Waals surface area contributed by atoms with Gasteiger partial charge in [-0.15, -0.1) is 0 Å². The molecule has 1 heterocycles. The van der Waals surface area contributed by atoms with Crippen molar-refractivity contribution in [3.8, 4) is 5.75 Å². The molecule has 1 saturated heterocycles. The van der Waals surface area contributed by atoms with E-state index in [2.05, 4.69) is 41.5 Å². The number of likely N-dealkylation sites (N-methyl/N-ethyl adjacent to an activating group) is 1. The van der Waals surface area contributed by atoms with Crippen LogP contribution in [0.2, 0.25) is 0 Å². The monoisotopic (exact) mass is 288 g/mol. The second kappa shape index (κ2) is 6.37. The SMILES string of the molecule is CNC(c1ccccc1OC)C1(N2CCCC2)CCCC1. The van der Waals surface area contributed by atoms with Crippen LogP contribution in [-0.2, 0) is 0 Å². The highest BCUT2D eigenvalue weighted by Gasteiger charge is 2.47. The van der Waals surface area contributed by atoms with Gasteiger partial charge in [0.05, 0.1) is 13.2 Å². The summed E-state index contributed by atoms with van der Waals surface area (Å²) in [4.78, 5) is 2.76. The van der Waals surface area contributed by atoms with Crippen molar-refractivity contribution in [1.82, 2.24) is 10.2 Å². The number of benzene rings is 1. The molecule has 0 spiro atoms. The van der Waals surface area contributed by atoms with Crippen molar-refractivity contribution < 1.29 is 4.74 Å². The number of nitrogens with one attached hydrogen (secondary N) is 1. The Hall–Kier alpha value is -1.06. The van der Waals surface area contributed by atoms with E-state index in [4.69, 9.17) is 4.74 Å². The summed E-state index contributed by atoms with van der Waals surface area (Å²) in [5.41, 5.74) is 1.59. The number of hydrogen-bond donors (Lipinski definition) is 1. The summed E-state index contributed by atoms with van der Waals surface area (Å²) in [6.45, 7) is 2.51. The van der Waals surface area contributed by atoms with E-state index in [1.807, 2.05) is 0 Å². The predicted molar refractivity (Wildman–Crippen MR) is 86.8 cm³/mol. The van der Waals surface area contributed by atoms with E-state index < -0.39 is 0 Å². The van der Waals surface area contributed by atoms with Crippen molar-refractivity contribution in [2.75, 3.05) is 27.2 Å². The van der Waals surface area contributed by atoms with E-state index in [1.165, 1.54) is 57.2 Å². The molecule has 1 aromatic carbocycles. The number of hydrogen-bond acceptors (Lipinski definition) is 3. The standard InChI is InChI=1S/C18H28N2O/c1-19-17(15-9-3-4-10-16(15)21-2)18(11-5-6-12-18)20-13-7-8-14-20/h3-4,9-10,17,19H,5-8,11-14H2,1-2H3. The first-order valence-corrected chi connectivity index (χ1v) is 8.37. The fourth-order valence-electron chi connectivity index (χ4n) is 4.56. The lowest BCUT2D eigenvalue weighted by Crippen LogP contribution is -2.53. The maximum absolute atomic E-state index is 5.64. The molecule has 1 aliphatic heterocycles. The Morgan fingerprint density at radius 2 is 1.76 bits per heavy atom. The quantitative estimate of drug-likeness (QED) is 0.899. The van der Waals surface area contributed by atoms with Crippen LogP contribution in [0.5, 0.6) is 5.75 Å². The molecular formula is C18H28N2O. The summed E-state index contributed by atoms with van der Waals surface area (Å²) in [5, 5.41) is 3.63. The van der Waals surface area contributed by atoms with E-state index in [0.29, 0.717) is 6.04 Å². The molecule has 0 amide bonds. The zero-order chi connectivity index (χ0) is 14.7. The van der Waals surface area contributed by atoms with Gasteiger partial charge in [0, 0.05) is 11.1 Å². The largest absolute Gasteiger partial charge is 0.496 e. The van der Waals surface area contributed by atoms with Gasteiger partial charge in [0.15, 0.2) is 0 Å². The third kappa shape index (κ3) is 2.58. The van der Waals surface area contributed by atoms with Crippen LogP contribution in [0.15, 0.2) is 24.3 Å². The lowest BCUT2D eigenvalue weighted by atomic mass is 9.81. The summed E-state index contributed by atoms with van der Waals surface area (Å²) in [5.74, 6) is 1.02. The normalized spacial score (nSPS) is 23.3. The first-order valence-electron chi connectivity index (χ1n) is 8.37. The molecule has 1 aliphatic carbocycles. The van der Waals surface area contributed by atoms with Gasteiger partial charge in [-0.3, -0.25) is 4.90 Å². The van der Waals surface area contributed by atoms with Crippen LogP contribution < -0.4 is 10.1 Å². The van der Waals surface area contributed by atoms with Crippen molar-refractivity contribution in [3.63, 3.8) is 0 Å². The van der Waals surface area contributed by atoms with Gasteiger partial charge in [-0.1, -0.05) is 31.0 Å². The van der Waals surface area contributed by atoms with Crippen molar-refractivity contribution in [1.29, 1.82) is 0 Å². The summed E-state index contributed by atoms with van der Waals surface area (Å²) >= 11 is 0. The fraction of sp³-hybridized carbons (Fsp3) is 0.667. The van der Waals surface area contributed by atoms with Gasteiger partial charge in [0.2, 0.25) is 0 Å². The van der Waals surface area contributed by atoms with Gasteiger partial charge >= 0.3 is 0 Å². The molecule has 0 bridgehead atoms. The maximum Gasteiger partial charge on any atom is 0.123 e. The second-order valence-electron chi connectivity index (χ2n) is 6.47. The number of rotatable bonds is 5. The summed E-state index contributed by atoms with van der Waals surface area (Å²) in [7, 11) is 3.88. The molecule has 1 aromatic rings. The van der Waals surface area contributed by atoms with E-state index >= 15 is 0 Å². The molecular weight excluding hydrogens is 260 g/mol. The second-order valence-corrected chi connectivity index (χ2v) is 6.47. The Balaban J connectivity index is 1.99. The molecule has 1 saturated carbocycles. The topological polar surface area (TPSA) is 24.5 Å². The first kappa shape index (κ1) is 14.9. The average Bonchev–Trinajstić information content (AvgIpc) is 3.20. The van der Waals surface area contributed by atoms with E-state index in [1.54, 1.807) is 7.11 Å². The molecule has 0 radical (unpaired) electrons. The highest BCUT2D eigenvalue weighted by atomic mass is 16.5. The first-order chi connectivity index (χ1) is 10.3. The minimum absolute atomic E-state index is 0.278. The maximum atomic E-state index is 5.64. The van der Waals surface area contributed by atoms with Crippen LogP contribution in [0.3, 0.4) is 0 Å². The smallest absolute Gasteiger partial charge is 0.123 e. The van der Waals surface area contributed by atoms with Crippen LogP contribution in [0, 0.1) is 0 Å². The van der Waals surface area contributed by atoms with Crippen molar-refractivity contribution in [3.05, 3.63) is 29.8 Å². The third-order valence-electron chi connectivity index (χ3n) is 5.48. The number of likely N-dealkylation sites (tertiary alicyclic amines) is 1. The zero-order valence-electron chi connectivity index (χ0n) is 13.4. The Kier molecular flexibility index (Phi) is 4.51. The van der Waals surface area contributed by atoms with Gasteiger partial charge in [-0.2, -0.15) is 0 Å². The Bertz CT molecular complexity index is 462. The number of para-hydroxylation sites is 1. The molecule has 3 nitrogen and oxygen atoms in total. The minimum atomic E-state index is 0.278. The van der Waals surface area contributed by atoms with Gasteiger partial charge < -0.3 is 10.1 Å². The third-order valence-corrected chi connectivity index (χ3v) is 5.48. The molecule has 1 atom stereocenters. The highest BCUT2D eigenvalue weighted by Crippen LogP contribution is 2.47. The fourth-order valence-corrected chi connectivity index (χ4v) is 4.56. The van der Waals surface area contributed by atoms with E-state index in [0.717, 1.165) is 5.75 Å². The Morgan fingerprint density at radius 3 is 2.38 bits per heavy atom. The van der Waals surface area contributed by atoms with Crippen molar-refractivity contribution in [2.24, 2.45) is 0 Å². The number of ether oxygens (including phenoxy) is 1. The molecule has 21 heavy (non-hydrogen) atoms. The van der Waals surface area contributed by atoms with Gasteiger partial charge in [0.1, 0.15) is 5.75 Å². The molecule has 1 unspecified atom stereocenters. The number of nitrogens with zero attached hydrogens (tertiary/aromatic N) is 1. The lowest BCUT2D eigenvalue weighted by molar-refractivity contribution is 0.0786. The Labute approximate surface area is 128 Å². The number of methoxy groups -OCH3 is 1. The zero-order valence-corrected chi connectivity index (χ0v) is 13.4. The minimum Gasteiger partial charge on any atom is -0.496 e. The molecule has 0 aromatic heterocycles. The van der Waals surface area contributed by atoms with Gasteiger partial charge in [0.25, 0.3) is 0 Å². The summed E-state index contributed by atoms with van der Waals surface area (Å²) < 4.78 is 5.64. The molecule has 2 fully saturated rings. The van der Waals surface area contributed by atoms with Crippen LogP contribution in [0.1, 0.15) is 50.1 Å². The van der Waals surface area contributed by atoms with E-state index in [-0.39, 0.29) is 5.54 Å². The molecule has 116 valence electrons. The molecule has 3 heteroatoms. The van der Waals surface area contributed by atoms with Crippen molar-refractivity contribution in [2.45, 2.75) is 50.1 Å². The molecule has 2 aliphatic rings. The average molecular weight is 288 g/mol. The van der Waals surface area contributed by atoms with E-state index in [9.17, 15) is 0 Å². The van der Waals surface area contributed by atoms with Crippen LogP contribution in [0.25, 0.3) is 0 Å². The molecule has 3 rings (SSSR count). The predicted octanol–water partition coefficient (Wildman–Crippen LogP) is 3.36. The molecule has 1 N–H and O–H groups in total. The highest BCUT2D eigenvalue weighted by molar-refractivity contribution is 5.38. The van der Waals surface area contributed by atoms with Crippen LogP contribution >= 0.6 is 0 Å². The summed E-state index contributed by atoms with van der Waals surface area (Å²) in [6.07, 6.45) is 8.01. The summed E-state index contributed by atoms with van der Waals surface area (Å²) in [6, 6.07) is 8.87. The van der Waals surface area contributed by atoms with Crippen molar-refractivity contribution >= 4 is 0 Å².